The molecule has 6 heteroatoms. The molecule has 19 heavy (non-hydrogen) atoms. The third-order valence-corrected chi connectivity index (χ3v) is 3.73. The molecule has 0 saturated carbocycles. The summed E-state index contributed by atoms with van der Waals surface area (Å²) >= 11 is 3.47. The predicted molar refractivity (Wildman–Crippen MR) is 74.9 cm³/mol. The monoisotopic (exact) mass is 319 g/mol. The number of aromatic nitrogens is 1. The Hall–Kier alpha value is -1.95. The number of carbonyl (C=O) groups excluding carboxylic acids is 2. The van der Waals surface area contributed by atoms with Crippen LogP contribution in [0.3, 0.4) is 0 Å². The number of hydrogen-bond donors (Lipinski definition) is 1. The predicted octanol–water partition coefficient (Wildman–Crippen LogP) is 2.44. The van der Waals surface area contributed by atoms with E-state index >= 15 is 0 Å². The number of hydrogen-bond acceptors (Lipinski definition) is 3. The SMILES string of the molecule is O=C1CCN(c2ccc3nccc(Br)c3c2)C(=O)N1. The van der Waals surface area contributed by atoms with Crippen LogP contribution in [-0.4, -0.2) is 23.5 Å². The minimum Gasteiger partial charge on any atom is -0.294 e. The normalized spacial score (nSPS) is 15.7. The average Bonchev–Trinajstić information content (AvgIpc) is 2.39. The van der Waals surface area contributed by atoms with Crippen molar-refractivity contribution in [2.24, 2.45) is 0 Å². The van der Waals surface area contributed by atoms with Crippen molar-refractivity contribution in [3.63, 3.8) is 0 Å². The number of halogens is 1. The number of benzene rings is 1. The number of nitrogens with one attached hydrogen (secondary N) is 1. The van der Waals surface area contributed by atoms with E-state index in [0.717, 1.165) is 21.1 Å². The van der Waals surface area contributed by atoms with E-state index in [0.29, 0.717) is 13.0 Å². The highest BCUT2D eigenvalue weighted by atomic mass is 79.9. The lowest BCUT2D eigenvalue weighted by molar-refractivity contribution is -0.120. The molecule has 1 aromatic heterocycles. The number of urea groups is 1. The summed E-state index contributed by atoms with van der Waals surface area (Å²) < 4.78 is 0.924. The molecule has 0 atom stereocenters. The molecule has 96 valence electrons. The first-order valence-corrected chi connectivity index (χ1v) is 6.60. The molecular formula is C13H10BrN3O2. The minimum atomic E-state index is -0.379. The molecule has 0 aliphatic carbocycles. The zero-order chi connectivity index (χ0) is 13.4. The molecule has 1 aliphatic rings. The van der Waals surface area contributed by atoms with Crippen LogP contribution in [0.5, 0.6) is 0 Å². The molecule has 0 unspecified atom stereocenters. The maximum Gasteiger partial charge on any atom is 0.328 e. The molecule has 3 rings (SSSR count). The van der Waals surface area contributed by atoms with Crippen LogP contribution < -0.4 is 10.2 Å². The van der Waals surface area contributed by atoms with Crippen LogP contribution in [0.15, 0.2) is 34.9 Å². The number of fused-ring (bicyclic) bond motifs is 1. The van der Waals surface area contributed by atoms with E-state index in [9.17, 15) is 9.59 Å². The molecule has 1 fully saturated rings. The Balaban J connectivity index is 2.04. The van der Waals surface area contributed by atoms with Crippen LogP contribution in [0.4, 0.5) is 10.5 Å². The molecular weight excluding hydrogens is 310 g/mol. The number of anilines is 1. The Morgan fingerprint density at radius 3 is 2.89 bits per heavy atom. The Morgan fingerprint density at radius 2 is 2.11 bits per heavy atom. The molecule has 1 N–H and O–H groups in total. The van der Waals surface area contributed by atoms with Gasteiger partial charge in [-0.15, -0.1) is 0 Å². The summed E-state index contributed by atoms with van der Waals surface area (Å²) in [5, 5.41) is 3.25. The summed E-state index contributed by atoms with van der Waals surface area (Å²) in [5.41, 5.74) is 1.61. The van der Waals surface area contributed by atoms with Gasteiger partial charge in [0.1, 0.15) is 0 Å². The van der Waals surface area contributed by atoms with E-state index in [2.05, 4.69) is 26.2 Å². The Bertz CT molecular complexity index is 687. The van der Waals surface area contributed by atoms with E-state index in [1.165, 1.54) is 0 Å². The number of rotatable bonds is 1. The van der Waals surface area contributed by atoms with Gasteiger partial charge in [-0.3, -0.25) is 20.0 Å². The summed E-state index contributed by atoms with van der Waals surface area (Å²) in [6.45, 7) is 0.397. The second kappa shape index (κ2) is 4.62. The first-order valence-electron chi connectivity index (χ1n) is 5.81. The first-order chi connectivity index (χ1) is 9.15. The van der Waals surface area contributed by atoms with Crippen LogP contribution in [0.1, 0.15) is 6.42 Å². The lowest BCUT2D eigenvalue weighted by atomic mass is 10.1. The van der Waals surface area contributed by atoms with Crippen molar-refractivity contribution in [3.05, 3.63) is 34.9 Å². The summed E-state index contributed by atoms with van der Waals surface area (Å²) in [6, 6.07) is 7.06. The van der Waals surface area contributed by atoms with Crippen LogP contribution >= 0.6 is 15.9 Å². The molecule has 1 aromatic carbocycles. The van der Waals surface area contributed by atoms with Crippen LogP contribution in [0, 0.1) is 0 Å². The fraction of sp³-hybridized carbons (Fsp3) is 0.154. The molecule has 0 bridgehead atoms. The molecule has 2 aromatic rings. The first kappa shape index (κ1) is 12.1. The lowest BCUT2D eigenvalue weighted by Crippen LogP contribution is -2.49. The highest BCUT2D eigenvalue weighted by molar-refractivity contribution is 9.10. The van der Waals surface area contributed by atoms with Crippen LogP contribution in [0.25, 0.3) is 10.9 Å². The molecule has 3 amide bonds. The average molecular weight is 320 g/mol. The standard InChI is InChI=1S/C13H10BrN3O2/c14-10-3-5-15-11-2-1-8(7-9(10)11)17-6-4-12(18)16-13(17)19/h1-3,5,7H,4,6H2,(H,16,18,19). The van der Waals surface area contributed by atoms with Crippen molar-refractivity contribution >= 4 is 44.5 Å². The quantitative estimate of drug-likeness (QED) is 0.878. The van der Waals surface area contributed by atoms with Crippen molar-refractivity contribution in [3.8, 4) is 0 Å². The molecule has 1 saturated heterocycles. The Kier molecular flexibility index (Phi) is 2.94. The molecule has 1 aliphatic heterocycles. The lowest BCUT2D eigenvalue weighted by Gasteiger charge is -2.26. The summed E-state index contributed by atoms with van der Waals surface area (Å²) in [7, 11) is 0. The van der Waals surface area contributed by atoms with Gasteiger partial charge in [-0.2, -0.15) is 0 Å². The van der Waals surface area contributed by atoms with Crippen LogP contribution in [0.2, 0.25) is 0 Å². The largest absolute Gasteiger partial charge is 0.328 e. The van der Waals surface area contributed by atoms with Crippen molar-refractivity contribution in [1.82, 2.24) is 10.3 Å². The minimum absolute atomic E-state index is 0.232. The summed E-state index contributed by atoms with van der Waals surface area (Å²) in [5.74, 6) is -0.232. The second-order valence-electron chi connectivity index (χ2n) is 4.25. The van der Waals surface area contributed by atoms with E-state index < -0.39 is 0 Å². The van der Waals surface area contributed by atoms with Crippen molar-refractivity contribution < 1.29 is 9.59 Å². The molecule has 2 heterocycles. The van der Waals surface area contributed by atoms with Crippen molar-refractivity contribution in [2.45, 2.75) is 6.42 Å². The van der Waals surface area contributed by atoms with Gasteiger partial charge < -0.3 is 0 Å². The maximum absolute atomic E-state index is 11.8. The van der Waals surface area contributed by atoms with Crippen molar-refractivity contribution in [1.29, 1.82) is 0 Å². The zero-order valence-corrected chi connectivity index (χ0v) is 11.5. The van der Waals surface area contributed by atoms with E-state index in [4.69, 9.17) is 0 Å². The van der Waals surface area contributed by atoms with E-state index in [1.54, 1.807) is 11.1 Å². The number of carbonyl (C=O) groups is 2. The van der Waals surface area contributed by atoms with E-state index in [-0.39, 0.29) is 11.9 Å². The fourth-order valence-electron chi connectivity index (χ4n) is 2.08. The van der Waals surface area contributed by atoms with Gasteiger partial charge in [-0.25, -0.2) is 4.79 Å². The van der Waals surface area contributed by atoms with Crippen molar-refractivity contribution in [2.75, 3.05) is 11.4 Å². The van der Waals surface area contributed by atoms with Gasteiger partial charge in [0.05, 0.1) is 5.52 Å². The number of amides is 3. The Morgan fingerprint density at radius 1 is 1.26 bits per heavy atom. The molecule has 0 radical (unpaired) electrons. The number of nitrogens with zero attached hydrogens (tertiary/aromatic N) is 2. The Labute approximate surface area is 117 Å². The molecule has 5 nitrogen and oxygen atoms in total. The highest BCUT2D eigenvalue weighted by Gasteiger charge is 2.24. The van der Waals surface area contributed by atoms with Gasteiger partial charge in [-0.1, -0.05) is 15.9 Å². The molecule has 0 spiro atoms. The van der Waals surface area contributed by atoms with Gasteiger partial charge in [0, 0.05) is 34.7 Å². The number of pyridine rings is 1. The maximum atomic E-state index is 11.8. The van der Waals surface area contributed by atoms with Gasteiger partial charge in [0.2, 0.25) is 5.91 Å². The summed E-state index contributed by atoms with van der Waals surface area (Å²) in [6.07, 6.45) is 2.04. The fourth-order valence-corrected chi connectivity index (χ4v) is 2.51. The van der Waals surface area contributed by atoms with E-state index in [1.807, 2.05) is 24.3 Å². The number of imide groups is 1. The van der Waals surface area contributed by atoms with Crippen LogP contribution in [-0.2, 0) is 4.79 Å². The highest BCUT2D eigenvalue weighted by Crippen LogP contribution is 2.27. The zero-order valence-electron chi connectivity index (χ0n) is 9.89. The summed E-state index contributed by atoms with van der Waals surface area (Å²) in [4.78, 5) is 28.7. The third-order valence-electron chi connectivity index (χ3n) is 3.04. The van der Waals surface area contributed by atoms with Gasteiger partial charge in [0.15, 0.2) is 0 Å². The van der Waals surface area contributed by atoms with Gasteiger partial charge in [0.25, 0.3) is 0 Å². The van der Waals surface area contributed by atoms with Gasteiger partial charge in [-0.05, 0) is 24.3 Å². The van der Waals surface area contributed by atoms with Gasteiger partial charge >= 0.3 is 6.03 Å². The second-order valence-corrected chi connectivity index (χ2v) is 5.10. The topological polar surface area (TPSA) is 62.3 Å². The third kappa shape index (κ3) is 2.19. The smallest absolute Gasteiger partial charge is 0.294 e.